The number of para-hydroxylation sites is 1. The van der Waals surface area contributed by atoms with Crippen LogP contribution in [0.15, 0.2) is 46.9 Å². The fraction of sp³-hybridized carbons (Fsp3) is 0.333. The maximum atomic E-state index is 13.3. The van der Waals surface area contributed by atoms with Gasteiger partial charge in [-0.3, -0.25) is 9.59 Å². The minimum absolute atomic E-state index is 0.136. The van der Waals surface area contributed by atoms with Crippen LogP contribution in [0.25, 0.3) is 11.0 Å². The van der Waals surface area contributed by atoms with E-state index in [2.05, 4.69) is 5.32 Å². The van der Waals surface area contributed by atoms with Gasteiger partial charge in [-0.15, -0.1) is 0 Å². The number of hydrogen-bond donors (Lipinski definition) is 1. The summed E-state index contributed by atoms with van der Waals surface area (Å²) in [6, 6.07) is 12.2. The lowest BCUT2D eigenvalue weighted by Gasteiger charge is -2.20. The van der Waals surface area contributed by atoms with Gasteiger partial charge in [0.2, 0.25) is 5.76 Å². The molecule has 0 saturated carbocycles. The molecule has 1 aromatic heterocycles. The van der Waals surface area contributed by atoms with Crippen LogP contribution in [-0.4, -0.2) is 44.0 Å². The van der Waals surface area contributed by atoms with Gasteiger partial charge in [-0.2, -0.15) is 0 Å². The number of methoxy groups -OCH3 is 2. The van der Waals surface area contributed by atoms with Gasteiger partial charge in [-0.1, -0.05) is 26.0 Å². The van der Waals surface area contributed by atoms with Crippen molar-refractivity contribution in [2.75, 3.05) is 32.6 Å². The number of hydrogen-bond acceptors (Lipinski definition) is 5. The monoisotopic (exact) mass is 424 g/mol. The topological polar surface area (TPSA) is 81.0 Å². The molecule has 164 valence electrons. The second-order valence-corrected chi connectivity index (χ2v) is 7.12. The number of fused-ring (bicyclic) bond motifs is 1. The first-order valence-electron chi connectivity index (χ1n) is 10.4. The summed E-state index contributed by atoms with van der Waals surface area (Å²) in [5.41, 5.74) is 1.29. The molecule has 0 saturated heterocycles. The summed E-state index contributed by atoms with van der Waals surface area (Å²) in [5.74, 6) is 0.498. The summed E-state index contributed by atoms with van der Waals surface area (Å²) >= 11 is 0. The van der Waals surface area contributed by atoms with E-state index in [1.54, 1.807) is 29.2 Å². The number of benzene rings is 2. The normalized spacial score (nSPS) is 10.7. The Hall–Kier alpha value is -3.48. The zero-order valence-corrected chi connectivity index (χ0v) is 18.4. The van der Waals surface area contributed by atoms with Crippen molar-refractivity contribution in [2.24, 2.45) is 0 Å². The molecule has 0 radical (unpaired) electrons. The Kier molecular flexibility index (Phi) is 7.18. The van der Waals surface area contributed by atoms with Gasteiger partial charge in [0.05, 0.1) is 14.2 Å². The first-order chi connectivity index (χ1) is 15.0. The number of nitrogens with one attached hydrogen (secondary N) is 1. The van der Waals surface area contributed by atoms with Gasteiger partial charge in [0.15, 0.2) is 11.5 Å². The van der Waals surface area contributed by atoms with E-state index in [4.69, 9.17) is 13.9 Å². The Morgan fingerprint density at radius 1 is 0.968 bits per heavy atom. The third-order valence-corrected chi connectivity index (χ3v) is 4.95. The van der Waals surface area contributed by atoms with Crippen molar-refractivity contribution in [2.45, 2.75) is 26.7 Å². The predicted octanol–water partition coefficient (Wildman–Crippen LogP) is 4.96. The zero-order valence-electron chi connectivity index (χ0n) is 18.4. The summed E-state index contributed by atoms with van der Waals surface area (Å²) in [5, 5.41) is 3.56. The van der Waals surface area contributed by atoms with Crippen molar-refractivity contribution in [1.29, 1.82) is 0 Å². The molecule has 1 heterocycles. The second kappa shape index (κ2) is 10.0. The van der Waals surface area contributed by atoms with Crippen LogP contribution >= 0.6 is 0 Å². The molecular formula is C24H28N2O5. The summed E-state index contributed by atoms with van der Waals surface area (Å²) < 4.78 is 16.4. The Labute approximate surface area is 181 Å². The summed E-state index contributed by atoms with van der Waals surface area (Å²) in [6.07, 6.45) is 1.67. The quantitative estimate of drug-likeness (QED) is 0.525. The van der Waals surface area contributed by atoms with Gasteiger partial charge in [-0.05, 0) is 43.2 Å². The van der Waals surface area contributed by atoms with E-state index in [1.165, 1.54) is 14.2 Å². The molecule has 3 aromatic rings. The van der Waals surface area contributed by atoms with Gasteiger partial charge in [0.25, 0.3) is 11.8 Å². The van der Waals surface area contributed by atoms with Gasteiger partial charge in [-0.25, -0.2) is 0 Å². The Morgan fingerprint density at radius 3 is 2.29 bits per heavy atom. The average Bonchev–Trinajstić information content (AvgIpc) is 3.16. The van der Waals surface area contributed by atoms with E-state index in [0.717, 1.165) is 12.8 Å². The van der Waals surface area contributed by atoms with Crippen molar-refractivity contribution in [3.8, 4) is 11.5 Å². The maximum absolute atomic E-state index is 13.3. The molecule has 0 bridgehead atoms. The third-order valence-electron chi connectivity index (χ3n) is 4.95. The smallest absolute Gasteiger partial charge is 0.291 e. The minimum atomic E-state index is -0.376. The van der Waals surface area contributed by atoms with Crippen LogP contribution in [-0.2, 0) is 0 Å². The average molecular weight is 424 g/mol. The van der Waals surface area contributed by atoms with Gasteiger partial charge < -0.3 is 24.1 Å². The van der Waals surface area contributed by atoms with Crippen LogP contribution in [0.2, 0.25) is 0 Å². The van der Waals surface area contributed by atoms with Gasteiger partial charge in [0, 0.05) is 24.0 Å². The fourth-order valence-electron chi connectivity index (χ4n) is 3.48. The van der Waals surface area contributed by atoms with E-state index in [9.17, 15) is 9.59 Å². The number of furan rings is 1. The molecule has 31 heavy (non-hydrogen) atoms. The summed E-state index contributed by atoms with van der Waals surface area (Å²) in [6.45, 7) is 5.28. The van der Waals surface area contributed by atoms with Crippen LogP contribution in [0, 0.1) is 0 Å². The number of rotatable bonds is 9. The van der Waals surface area contributed by atoms with E-state index < -0.39 is 0 Å². The van der Waals surface area contributed by atoms with Crippen LogP contribution in [0.3, 0.4) is 0 Å². The summed E-state index contributed by atoms with van der Waals surface area (Å²) in [4.78, 5) is 28.1. The van der Waals surface area contributed by atoms with Crippen molar-refractivity contribution >= 4 is 28.5 Å². The minimum Gasteiger partial charge on any atom is -0.493 e. The number of carbonyl (C=O) groups is 2. The molecule has 0 atom stereocenters. The highest BCUT2D eigenvalue weighted by Crippen LogP contribution is 2.33. The van der Waals surface area contributed by atoms with Gasteiger partial charge >= 0.3 is 0 Å². The molecular weight excluding hydrogens is 396 g/mol. The number of anilines is 1. The molecule has 3 rings (SSSR count). The fourth-order valence-corrected chi connectivity index (χ4v) is 3.48. The number of carbonyl (C=O) groups excluding carboxylic acids is 2. The molecule has 0 unspecified atom stereocenters. The number of ether oxygens (including phenoxy) is 2. The highest BCUT2D eigenvalue weighted by atomic mass is 16.5. The van der Waals surface area contributed by atoms with Crippen LogP contribution in [0.5, 0.6) is 11.5 Å². The summed E-state index contributed by atoms with van der Waals surface area (Å²) in [7, 11) is 3.04. The molecule has 2 amide bonds. The van der Waals surface area contributed by atoms with E-state index in [1.807, 2.05) is 32.0 Å². The Bertz CT molecular complexity index is 1070. The lowest BCUT2D eigenvalue weighted by molar-refractivity contribution is 0.0727. The molecule has 0 spiro atoms. The zero-order chi connectivity index (χ0) is 22.4. The number of amides is 2. The number of nitrogens with zero attached hydrogens (tertiary/aromatic N) is 1. The Balaban J connectivity index is 2.00. The van der Waals surface area contributed by atoms with Crippen molar-refractivity contribution < 1.29 is 23.5 Å². The van der Waals surface area contributed by atoms with Crippen LogP contribution in [0.1, 0.15) is 47.6 Å². The second-order valence-electron chi connectivity index (χ2n) is 7.12. The van der Waals surface area contributed by atoms with Crippen molar-refractivity contribution in [3.05, 3.63) is 53.8 Å². The SMILES string of the molecule is CCCN(CCC)C(=O)c1oc2ccccc2c1NC(=O)c1ccc(OC)c(OC)c1. The largest absolute Gasteiger partial charge is 0.493 e. The maximum Gasteiger partial charge on any atom is 0.291 e. The molecule has 7 nitrogen and oxygen atoms in total. The molecule has 0 fully saturated rings. The lowest BCUT2D eigenvalue weighted by atomic mass is 10.1. The standard InChI is InChI=1S/C24H28N2O5/c1-5-13-26(14-6-2)24(28)22-21(17-9-7-8-10-18(17)31-22)25-23(27)16-11-12-19(29-3)20(15-16)30-4/h7-12,15H,5-6,13-14H2,1-4H3,(H,25,27). The van der Waals surface area contributed by atoms with E-state index >= 15 is 0 Å². The van der Waals surface area contributed by atoms with Crippen molar-refractivity contribution in [1.82, 2.24) is 4.90 Å². The molecule has 7 heteroatoms. The van der Waals surface area contributed by atoms with E-state index in [0.29, 0.717) is 46.8 Å². The highest BCUT2D eigenvalue weighted by Gasteiger charge is 2.26. The van der Waals surface area contributed by atoms with Crippen molar-refractivity contribution in [3.63, 3.8) is 0 Å². The predicted molar refractivity (Wildman–Crippen MR) is 120 cm³/mol. The molecule has 0 aliphatic carbocycles. The molecule has 2 aromatic carbocycles. The first kappa shape index (κ1) is 22.2. The first-order valence-corrected chi connectivity index (χ1v) is 10.4. The van der Waals surface area contributed by atoms with E-state index in [-0.39, 0.29) is 17.6 Å². The van der Waals surface area contributed by atoms with Gasteiger partial charge in [0.1, 0.15) is 11.3 Å². The Morgan fingerprint density at radius 2 is 1.65 bits per heavy atom. The van der Waals surface area contributed by atoms with Crippen LogP contribution in [0.4, 0.5) is 5.69 Å². The third kappa shape index (κ3) is 4.66. The molecule has 0 aliphatic rings. The highest BCUT2D eigenvalue weighted by molar-refractivity contribution is 6.14. The molecule has 1 N–H and O–H groups in total. The lowest BCUT2D eigenvalue weighted by Crippen LogP contribution is -2.32. The van der Waals surface area contributed by atoms with Crippen LogP contribution < -0.4 is 14.8 Å². The molecule has 0 aliphatic heterocycles.